The fourth-order valence-corrected chi connectivity index (χ4v) is 2.65. The molecule has 1 aliphatic rings. The number of hydrogen-bond acceptors (Lipinski definition) is 6. The van der Waals surface area contributed by atoms with Gasteiger partial charge in [-0.25, -0.2) is 14.0 Å². The van der Waals surface area contributed by atoms with Gasteiger partial charge in [-0.1, -0.05) is 21.1 Å². The van der Waals surface area contributed by atoms with E-state index in [2.05, 4.69) is 31.0 Å². The second-order valence-electron chi connectivity index (χ2n) is 5.42. The molecule has 1 aromatic heterocycles. The van der Waals surface area contributed by atoms with Crippen LogP contribution in [0.25, 0.3) is 0 Å². The monoisotopic (exact) mass is 415 g/mol. The molecule has 0 saturated carbocycles. The van der Waals surface area contributed by atoms with Crippen LogP contribution < -0.4 is 0 Å². The molecule has 1 aliphatic heterocycles. The lowest BCUT2D eigenvalue weighted by Gasteiger charge is -2.37. The van der Waals surface area contributed by atoms with Crippen LogP contribution in [0.15, 0.2) is 27.2 Å². The number of benzene rings is 1. The average Bonchev–Trinajstić information content (AvgIpc) is 2.92. The van der Waals surface area contributed by atoms with Gasteiger partial charge in [0.05, 0.1) is 5.92 Å². The second-order valence-corrected chi connectivity index (χ2v) is 6.33. The van der Waals surface area contributed by atoms with Crippen molar-refractivity contribution in [2.75, 3.05) is 13.1 Å². The number of aryl methyl sites for hydroxylation is 1. The summed E-state index contributed by atoms with van der Waals surface area (Å²) in [6, 6.07) is 5.01. The summed E-state index contributed by atoms with van der Waals surface area (Å²) >= 11 is 3.36. The summed E-state index contributed by atoms with van der Waals surface area (Å²) in [5.41, 5.74) is 0.703. The standard InChI is InChI=1S/C13H13BrFN3O.C2H2O4/c1-8-16-13(19-17-8)10-6-18(7-10)5-9-4-11(14)2-3-12(9)15;3-1(4)2(5)6/h2-4,10H,5-7H2,1H3;(H,3,4)(H,5,6). The van der Waals surface area contributed by atoms with E-state index in [1.165, 1.54) is 6.07 Å². The van der Waals surface area contributed by atoms with Gasteiger partial charge in [0, 0.05) is 29.7 Å². The van der Waals surface area contributed by atoms with Gasteiger partial charge in [0.15, 0.2) is 5.82 Å². The van der Waals surface area contributed by atoms with Crippen molar-refractivity contribution in [3.8, 4) is 0 Å². The van der Waals surface area contributed by atoms with Gasteiger partial charge in [-0.3, -0.25) is 4.90 Å². The number of carboxylic acid groups (broad SMARTS) is 2. The first-order valence-corrected chi connectivity index (χ1v) is 7.98. The molecule has 0 amide bonds. The smallest absolute Gasteiger partial charge is 0.414 e. The minimum absolute atomic E-state index is 0.166. The number of nitrogens with zero attached hydrogens (tertiary/aromatic N) is 3. The Kier molecular flexibility index (Phi) is 6.21. The first-order chi connectivity index (χ1) is 11.8. The number of carbonyl (C=O) groups is 2. The first-order valence-electron chi connectivity index (χ1n) is 7.19. The van der Waals surface area contributed by atoms with E-state index < -0.39 is 11.9 Å². The Morgan fingerprint density at radius 2 is 2.00 bits per heavy atom. The van der Waals surface area contributed by atoms with Gasteiger partial charge in [0.25, 0.3) is 0 Å². The zero-order valence-electron chi connectivity index (χ0n) is 13.1. The topological polar surface area (TPSA) is 117 Å². The van der Waals surface area contributed by atoms with Crippen molar-refractivity contribution < 1.29 is 28.7 Å². The molecule has 134 valence electrons. The van der Waals surface area contributed by atoms with Gasteiger partial charge < -0.3 is 14.7 Å². The predicted molar refractivity (Wildman–Crippen MR) is 86.4 cm³/mol. The minimum atomic E-state index is -1.82. The quantitative estimate of drug-likeness (QED) is 0.731. The second kappa shape index (κ2) is 8.17. The lowest BCUT2D eigenvalue weighted by atomic mass is 9.99. The zero-order valence-corrected chi connectivity index (χ0v) is 14.7. The zero-order chi connectivity index (χ0) is 18.6. The van der Waals surface area contributed by atoms with Gasteiger partial charge in [-0.05, 0) is 25.1 Å². The van der Waals surface area contributed by atoms with Crippen LogP contribution in [0.1, 0.15) is 23.2 Å². The Morgan fingerprint density at radius 3 is 2.52 bits per heavy atom. The van der Waals surface area contributed by atoms with E-state index in [0.717, 1.165) is 17.6 Å². The predicted octanol–water partition coefficient (Wildman–Crippen LogP) is 2.03. The molecule has 2 aromatic rings. The third-order valence-corrected chi connectivity index (χ3v) is 3.93. The van der Waals surface area contributed by atoms with Crippen molar-refractivity contribution in [3.05, 3.63) is 45.8 Å². The number of rotatable bonds is 3. The summed E-state index contributed by atoms with van der Waals surface area (Å²) in [6.07, 6.45) is 0. The third-order valence-electron chi connectivity index (χ3n) is 3.43. The van der Waals surface area contributed by atoms with Gasteiger partial charge in [0.1, 0.15) is 5.82 Å². The molecule has 2 N–H and O–H groups in total. The molecule has 1 fully saturated rings. The molecule has 1 aromatic carbocycles. The van der Waals surface area contributed by atoms with Crippen molar-refractivity contribution in [2.24, 2.45) is 0 Å². The van der Waals surface area contributed by atoms with Crippen LogP contribution in [0.2, 0.25) is 0 Å². The van der Waals surface area contributed by atoms with Crippen LogP contribution >= 0.6 is 15.9 Å². The van der Waals surface area contributed by atoms with E-state index >= 15 is 0 Å². The Balaban J connectivity index is 0.000000326. The maximum absolute atomic E-state index is 13.6. The normalized spacial score (nSPS) is 14.4. The molecular formula is C15H15BrFN3O5. The van der Waals surface area contributed by atoms with Crippen LogP contribution in [0.3, 0.4) is 0 Å². The van der Waals surface area contributed by atoms with Crippen molar-refractivity contribution in [3.63, 3.8) is 0 Å². The van der Waals surface area contributed by atoms with E-state index in [4.69, 9.17) is 24.3 Å². The molecule has 2 heterocycles. The molecule has 25 heavy (non-hydrogen) atoms. The first kappa shape index (κ1) is 19.0. The van der Waals surface area contributed by atoms with Crippen LogP contribution in [-0.4, -0.2) is 50.3 Å². The molecule has 0 unspecified atom stereocenters. The maximum Gasteiger partial charge on any atom is 0.414 e. The molecule has 0 aliphatic carbocycles. The number of aromatic nitrogens is 2. The molecule has 8 nitrogen and oxygen atoms in total. The number of carboxylic acids is 2. The van der Waals surface area contributed by atoms with Crippen molar-refractivity contribution in [1.82, 2.24) is 15.0 Å². The van der Waals surface area contributed by atoms with Crippen molar-refractivity contribution in [2.45, 2.75) is 19.4 Å². The molecular weight excluding hydrogens is 401 g/mol. The van der Waals surface area contributed by atoms with Crippen molar-refractivity contribution >= 4 is 27.9 Å². The molecule has 3 rings (SSSR count). The van der Waals surface area contributed by atoms with Crippen molar-refractivity contribution in [1.29, 1.82) is 0 Å². The van der Waals surface area contributed by atoms with Gasteiger partial charge >= 0.3 is 11.9 Å². The van der Waals surface area contributed by atoms with Crippen LogP contribution in [0, 0.1) is 12.7 Å². The highest BCUT2D eigenvalue weighted by Crippen LogP contribution is 2.28. The maximum atomic E-state index is 13.6. The average molecular weight is 416 g/mol. The fourth-order valence-electron chi connectivity index (χ4n) is 2.24. The van der Waals surface area contributed by atoms with E-state index in [1.807, 2.05) is 6.07 Å². The van der Waals surface area contributed by atoms with Gasteiger partial charge in [0.2, 0.25) is 5.89 Å². The number of likely N-dealkylation sites (tertiary alicyclic amines) is 1. The minimum Gasteiger partial charge on any atom is -0.473 e. The van der Waals surface area contributed by atoms with Gasteiger partial charge in [-0.2, -0.15) is 4.98 Å². The summed E-state index contributed by atoms with van der Waals surface area (Å²) in [6.45, 7) is 4.07. The van der Waals surface area contributed by atoms with Crippen LogP contribution in [-0.2, 0) is 16.1 Å². The lowest BCUT2D eigenvalue weighted by Crippen LogP contribution is -2.44. The molecule has 0 radical (unpaired) electrons. The number of hydrogen-bond donors (Lipinski definition) is 2. The van der Waals surface area contributed by atoms with E-state index in [0.29, 0.717) is 23.8 Å². The molecule has 1 saturated heterocycles. The van der Waals surface area contributed by atoms with Crippen LogP contribution in [0.4, 0.5) is 4.39 Å². The van der Waals surface area contributed by atoms with E-state index in [9.17, 15) is 4.39 Å². The van der Waals surface area contributed by atoms with Gasteiger partial charge in [-0.15, -0.1) is 0 Å². The number of halogens is 2. The molecule has 10 heteroatoms. The summed E-state index contributed by atoms with van der Waals surface area (Å²) in [5, 5.41) is 18.6. The lowest BCUT2D eigenvalue weighted by molar-refractivity contribution is -0.159. The summed E-state index contributed by atoms with van der Waals surface area (Å²) in [5.74, 6) is -2.20. The van der Waals surface area contributed by atoms with Crippen LogP contribution in [0.5, 0.6) is 0 Å². The molecule has 0 spiro atoms. The summed E-state index contributed by atoms with van der Waals surface area (Å²) in [4.78, 5) is 24.6. The fraction of sp³-hybridized carbons (Fsp3) is 0.333. The van der Waals surface area contributed by atoms with E-state index in [1.54, 1.807) is 13.0 Å². The Hall–Kier alpha value is -2.33. The molecule has 0 bridgehead atoms. The molecule has 0 atom stereocenters. The largest absolute Gasteiger partial charge is 0.473 e. The van der Waals surface area contributed by atoms with E-state index in [-0.39, 0.29) is 11.7 Å². The number of aliphatic carboxylic acids is 2. The highest BCUT2D eigenvalue weighted by Gasteiger charge is 2.32. The summed E-state index contributed by atoms with van der Waals surface area (Å²) in [7, 11) is 0. The Bertz CT molecular complexity index is 764. The highest BCUT2D eigenvalue weighted by molar-refractivity contribution is 9.10. The summed E-state index contributed by atoms with van der Waals surface area (Å²) < 4.78 is 19.7. The Morgan fingerprint density at radius 1 is 1.36 bits per heavy atom. The SMILES string of the molecule is Cc1noc(C2CN(Cc3cc(Br)ccc3F)C2)n1.O=C(O)C(=O)O. The highest BCUT2D eigenvalue weighted by atomic mass is 79.9. The third kappa shape index (κ3) is 5.33. The Labute approximate surface area is 150 Å².